The molecule has 2 aromatic rings. The number of nitro benzene ring substituents is 1. The molecule has 6 heteroatoms. The summed E-state index contributed by atoms with van der Waals surface area (Å²) < 4.78 is 0. The van der Waals surface area contributed by atoms with Gasteiger partial charge in [-0.2, -0.15) is 0 Å². The van der Waals surface area contributed by atoms with Gasteiger partial charge >= 0.3 is 0 Å². The minimum atomic E-state index is -0.506. The van der Waals surface area contributed by atoms with Crippen LogP contribution in [-0.2, 0) is 6.42 Å². The zero-order valence-electron chi connectivity index (χ0n) is 7.95. The molecule has 2 rings (SSSR count). The molecule has 0 aliphatic heterocycles. The molecule has 1 heterocycles. The molecule has 0 unspecified atom stereocenters. The van der Waals surface area contributed by atoms with Gasteiger partial charge < -0.3 is 4.98 Å². The number of aromatic amines is 1. The Balaban J connectivity index is 2.68. The second-order valence-corrected chi connectivity index (χ2v) is 3.52. The molecule has 0 bridgehead atoms. The normalized spacial score (nSPS) is 10.8. The summed E-state index contributed by atoms with van der Waals surface area (Å²) in [5.41, 5.74) is 1.20. The molecule has 0 aliphatic rings. The molecule has 1 N–H and O–H groups in total. The van der Waals surface area contributed by atoms with Crippen LogP contribution in [0.1, 0.15) is 12.7 Å². The number of nitrogens with zero attached hydrogens (tertiary/aromatic N) is 2. The van der Waals surface area contributed by atoms with Crippen LogP contribution in [0, 0.1) is 10.1 Å². The third-order valence-electron chi connectivity index (χ3n) is 2.13. The van der Waals surface area contributed by atoms with Gasteiger partial charge in [-0.15, -0.1) is 0 Å². The van der Waals surface area contributed by atoms with Gasteiger partial charge in [0, 0.05) is 12.5 Å². The maximum atomic E-state index is 10.6. The number of nitrogens with one attached hydrogen (secondary N) is 1. The van der Waals surface area contributed by atoms with Crippen molar-refractivity contribution < 1.29 is 4.92 Å². The fourth-order valence-corrected chi connectivity index (χ4v) is 1.61. The van der Waals surface area contributed by atoms with Crippen molar-refractivity contribution in [2.24, 2.45) is 0 Å². The van der Waals surface area contributed by atoms with Gasteiger partial charge in [0.05, 0.1) is 16.0 Å². The summed E-state index contributed by atoms with van der Waals surface area (Å²) in [5, 5.41) is 10.7. The molecule has 0 aliphatic carbocycles. The van der Waals surface area contributed by atoms with Gasteiger partial charge in [-0.05, 0) is 6.07 Å². The van der Waals surface area contributed by atoms with Crippen molar-refractivity contribution in [1.29, 1.82) is 0 Å². The molecule has 0 radical (unpaired) electrons. The van der Waals surface area contributed by atoms with E-state index in [-0.39, 0.29) is 10.7 Å². The molecule has 1 aromatic heterocycles. The van der Waals surface area contributed by atoms with E-state index in [1.807, 2.05) is 6.92 Å². The van der Waals surface area contributed by atoms with Crippen LogP contribution < -0.4 is 0 Å². The molecule has 0 saturated carbocycles. The highest BCUT2D eigenvalue weighted by atomic mass is 35.5. The van der Waals surface area contributed by atoms with E-state index in [1.165, 1.54) is 12.1 Å². The largest absolute Gasteiger partial charge is 0.342 e. The molecule has 0 fully saturated rings. The zero-order valence-corrected chi connectivity index (χ0v) is 8.71. The third kappa shape index (κ3) is 1.66. The summed E-state index contributed by atoms with van der Waals surface area (Å²) in [4.78, 5) is 17.3. The molecule has 1 aromatic carbocycles. The monoisotopic (exact) mass is 225 g/mol. The van der Waals surface area contributed by atoms with Crippen molar-refractivity contribution >= 4 is 28.3 Å². The molecular weight excluding hydrogens is 218 g/mol. The lowest BCUT2D eigenvalue weighted by Gasteiger charge is -1.93. The van der Waals surface area contributed by atoms with E-state index in [0.717, 1.165) is 12.2 Å². The third-order valence-corrected chi connectivity index (χ3v) is 2.43. The highest BCUT2D eigenvalue weighted by Crippen LogP contribution is 2.28. The molecule has 0 saturated heterocycles. The topological polar surface area (TPSA) is 71.8 Å². The van der Waals surface area contributed by atoms with Crippen LogP contribution in [0.5, 0.6) is 0 Å². The van der Waals surface area contributed by atoms with E-state index in [9.17, 15) is 10.1 Å². The van der Waals surface area contributed by atoms with Crippen LogP contribution in [0.4, 0.5) is 5.69 Å². The summed E-state index contributed by atoms with van der Waals surface area (Å²) in [6, 6.07) is 2.91. The number of benzene rings is 1. The first kappa shape index (κ1) is 9.92. The molecule has 0 spiro atoms. The van der Waals surface area contributed by atoms with E-state index >= 15 is 0 Å². The summed E-state index contributed by atoms with van der Waals surface area (Å²) in [6.07, 6.45) is 0.750. The van der Waals surface area contributed by atoms with Gasteiger partial charge in [0.1, 0.15) is 10.8 Å². The zero-order chi connectivity index (χ0) is 11.0. The lowest BCUT2D eigenvalue weighted by atomic mass is 10.3. The smallest absolute Gasteiger partial charge is 0.290 e. The minimum absolute atomic E-state index is 0.101. The molecule has 15 heavy (non-hydrogen) atoms. The molecule has 0 amide bonds. The molecular formula is C9H8ClN3O2. The van der Waals surface area contributed by atoms with Crippen LogP contribution in [0.15, 0.2) is 12.1 Å². The average Bonchev–Trinajstić information content (AvgIpc) is 2.58. The Hall–Kier alpha value is -1.62. The van der Waals surface area contributed by atoms with E-state index in [1.54, 1.807) is 0 Å². The second-order valence-electron chi connectivity index (χ2n) is 3.11. The summed E-state index contributed by atoms with van der Waals surface area (Å²) >= 11 is 5.76. The molecule has 5 nitrogen and oxygen atoms in total. The number of hydrogen-bond acceptors (Lipinski definition) is 3. The predicted molar refractivity (Wildman–Crippen MR) is 57.1 cm³/mol. The van der Waals surface area contributed by atoms with Gasteiger partial charge in [0.25, 0.3) is 5.69 Å². The van der Waals surface area contributed by atoms with Gasteiger partial charge in [-0.25, -0.2) is 4.98 Å². The van der Waals surface area contributed by atoms with Gasteiger partial charge in [-0.1, -0.05) is 18.5 Å². The van der Waals surface area contributed by atoms with Crippen LogP contribution >= 0.6 is 11.6 Å². The highest BCUT2D eigenvalue weighted by molar-refractivity contribution is 6.33. The van der Waals surface area contributed by atoms with Crippen molar-refractivity contribution in [3.05, 3.63) is 33.1 Å². The first-order valence-corrected chi connectivity index (χ1v) is 4.82. The number of imidazole rings is 1. The van der Waals surface area contributed by atoms with Crippen molar-refractivity contribution in [2.45, 2.75) is 13.3 Å². The average molecular weight is 226 g/mol. The highest BCUT2D eigenvalue weighted by Gasteiger charge is 2.15. The van der Waals surface area contributed by atoms with Gasteiger partial charge in [0.15, 0.2) is 0 Å². The Morgan fingerprint density at radius 2 is 2.33 bits per heavy atom. The maximum absolute atomic E-state index is 10.6. The number of hydrogen-bond donors (Lipinski definition) is 1. The fourth-order valence-electron chi connectivity index (χ4n) is 1.38. The van der Waals surface area contributed by atoms with E-state index < -0.39 is 4.92 Å². The van der Waals surface area contributed by atoms with Crippen LogP contribution in [0.3, 0.4) is 0 Å². The van der Waals surface area contributed by atoms with Crippen molar-refractivity contribution in [3.63, 3.8) is 0 Å². The number of aryl methyl sites for hydroxylation is 1. The Morgan fingerprint density at radius 3 is 2.93 bits per heavy atom. The van der Waals surface area contributed by atoms with Crippen molar-refractivity contribution in [2.75, 3.05) is 0 Å². The number of nitro groups is 1. The van der Waals surface area contributed by atoms with E-state index in [4.69, 9.17) is 11.6 Å². The van der Waals surface area contributed by atoms with Gasteiger partial charge in [-0.3, -0.25) is 10.1 Å². The summed E-state index contributed by atoms with van der Waals surface area (Å²) in [5.74, 6) is 0.793. The van der Waals surface area contributed by atoms with Crippen LogP contribution in [0.25, 0.3) is 11.0 Å². The first-order chi connectivity index (χ1) is 7.11. The number of aromatic nitrogens is 2. The maximum Gasteiger partial charge on any atom is 0.290 e. The number of H-pyrrole nitrogens is 1. The van der Waals surface area contributed by atoms with Gasteiger partial charge in [0.2, 0.25) is 0 Å². The number of fused-ring (bicyclic) bond motifs is 1. The lowest BCUT2D eigenvalue weighted by Crippen LogP contribution is -1.88. The summed E-state index contributed by atoms with van der Waals surface area (Å²) in [6.45, 7) is 1.95. The standard InChI is InChI=1S/C9H8ClN3O2/c1-2-9-11-6-3-5(10)8(13(14)15)4-7(6)12-9/h3-4H,2H2,1H3,(H,11,12). The SMILES string of the molecule is CCc1nc2cc(Cl)c([N+](=O)[O-])cc2[nH]1. The Bertz CT molecular complexity index is 535. The lowest BCUT2D eigenvalue weighted by molar-refractivity contribution is -0.384. The minimum Gasteiger partial charge on any atom is -0.342 e. The first-order valence-electron chi connectivity index (χ1n) is 4.44. The van der Waals surface area contributed by atoms with Crippen molar-refractivity contribution in [3.8, 4) is 0 Å². The Labute approximate surface area is 90.2 Å². The van der Waals surface area contributed by atoms with Crippen LogP contribution in [-0.4, -0.2) is 14.9 Å². The predicted octanol–water partition coefficient (Wildman–Crippen LogP) is 2.69. The fraction of sp³-hybridized carbons (Fsp3) is 0.222. The molecule has 78 valence electrons. The second kappa shape index (κ2) is 3.51. The van der Waals surface area contributed by atoms with Crippen molar-refractivity contribution in [1.82, 2.24) is 9.97 Å². The number of halogens is 1. The van der Waals surface area contributed by atoms with Crippen LogP contribution in [0.2, 0.25) is 5.02 Å². The van der Waals surface area contributed by atoms with E-state index in [2.05, 4.69) is 9.97 Å². The Morgan fingerprint density at radius 1 is 1.60 bits per heavy atom. The Kier molecular flexibility index (Phi) is 2.32. The van der Waals surface area contributed by atoms with E-state index in [0.29, 0.717) is 11.0 Å². The quantitative estimate of drug-likeness (QED) is 0.631. The number of rotatable bonds is 2. The molecule has 0 atom stereocenters. The summed E-state index contributed by atoms with van der Waals surface area (Å²) in [7, 11) is 0.